The third-order valence-electron chi connectivity index (χ3n) is 3.87. The summed E-state index contributed by atoms with van der Waals surface area (Å²) >= 11 is 1.10. The van der Waals surface area contributed by atoms with E-state index in [4.69, 9.17) is 0 Å². The number of rotatable bonds is 5. The molecular formula is C20H18N2O3S. The van der Waals surface area contributed by atoms with Crippen LogP contribution >= 0.6 is 11.3 Å². The van der Waals surface area contributed by atoms with Crippen molar-refractivity contribution in [1.82, 2.24) is 0 Å². The molecular weight excluding hydrogens is 348 g/mol. The van der Waals surface area contributed by atoms with E-state index in [0.29, 0.717) is 15.4 Å². The summed E-state index contributed by atoms with van der Waals surface area (Å²) in [6, 6.07) is 20.7. The van der Waals surface area contributed by atoms with Crippen LogP contribution in [0.15, 0.2) is 66.7 Å². The van der Waals surface area contributed by atoms with E-state index in [9.17, 15) is 9.59 Å². The fraction of sp³-hybridized carbons (Fsp3) is 0.100. The molecule has 0 atom stereocenters. The Labute approximate surface area is 155 Å². The fourth-order valence-electron chi connectivity index (χ4n) is 2.52. The summed E-state index contributed by atoms with van der Waals surface area (Å²) in [5.74, 6) is -0.711. The average Bonchev–Trinajstić information content (AvgIpc) is 3.18. The molecule has 1 heterocycles. The summed E-state index contributed by atoms with van der Waals surface area (Å²) in [7, 11) is 3.26. The van der Waals surface area contributed by atoms with Crippen LogP contribution in [0.5, 0.6) is 0 Å². The Balaban J connectivity index is 1.83. The SMILES string of the molecule is COC(=O)c1ccc(C(=O)Nc2ccccc2N(C)c2ccccc2)s1. The van der Waals surface area contributed by atoms with Crippen LogP contribution in [-0.2, 0) is 4.74 Å². The normalized spacial score (nSPS) is 10.2. The topological polar surface area (TPSA) is 58.6 Å². The van der Waals surface area contributed by atoms with Crippen molar-refractivity contribution >= 4 is 40.3 Å². The summed E-state index contributed by atoms with van der Waals surface area (Å²) < 4.78 is 4.68. The van der Waals surface area contributed by atoms with Crippen LogP contribution in [0.2, 0.25) is 0 Å². The lowest BCUT2D eigenvalue weighted by atomic mass is 10.2. The predicted octanol–water partition coefficient (Wildman–Crippen LogP) is 4.55. The van der Waals surface area contributed by atoms with Crippen molar-refractivity contribution in [2.45, 2.75) is 0 Å². The molecule has 1 N–H and O–H groups in total. The number of carbonyl (C=O) groups is 2. The van der Waals surface area contributed by atoms with E-state index >= 15 is 0 Å². The molecule has 0 bridgehead atoms. The zero-order valence-electron chi connectivity index (χ0n) is 14.4. The van der Waals surface area contributed by atoms with Gasteiger partial charge in [0.25, 0.3) is 5.91 Å². The molecule has 0 saturated heterocycles. The van der Waals surface area contributed by atoms with Gasteiger partial charge in [-0.3, -0.25) is 4.79 Å². The maximum Gasteiger partial charge on any atom is 0.348 e. The molecule has 1 aromatic heterocycles. The Morgan fingerprint density at radius 3 is 2.31 bits per heavy atom. The van der Waals surface area contributed by atoms with Gasteiger partial charge < -0.3 is 15.0 Å². The van der Waals surface area contributed by atoms with Crippen LogP contribution in [0.1, 0.15) is 19.3 Å². The molecule has 1 amide bonds. The van der Waals surface area contributed by atoms with Gasteiger partial charge in [0, 0.05) is 12.7 Å². The second kappa shape index (κ2) is 7.84. The highest BCUT2D eigenvalue weighted by molar-refractivity contribution is 7.16. The van der Waals surface area contributed by atoms with Gasteiger partial charge in [0.2, 0.25) is 0 Å². The summed E-state index contributed by atoms with van der Waals surface area (Å²) in [5, 5.41) is 2.93. The molecule has 0 aliphatic rings. The molecule has 3 rings (SSSR count). The monoisotopic (exact) mass is 366 g/mol. The molecule has 5 nitrogen and oxygen atoms in total. The standard InChI is InChI=1S/C20H18N2O3S/c1-22(14-8-4-3-5-9-14)16-11-7-6-10-15(16)21-19(23)17-12-13-18(26-17)20(24)25-2/h3-13H,1-2H3,(H,21,23). The molecule has 0 unspecified atom stereocenters. The first kappa shape index (κ1) is 17.7. The van der Waals surface area contributed by atoms with Gasteiger partial charge >= 0.3 is 5.97 Å². The Bertz CT molecular complexity index is 922. The molecule has 132 valence electrons. The van der Waals surface area contributed by atoms with E-state index in [1.807, 2.05) is 66.5 Å². The van der Waals surface area contributed by atoms with Crippen molar-refractivity contribution in [3.8, 4) is 0 Å². The number of anilines is 3. The largest absolute Gasteiger partial charge is 0.465 e. The summed E-state index contributed by atoms with van der Waals surface area (Å²) in [6.45, 7) is 0. The fourth-order valence-corrected chi connectivity index (χ4v) is 3.34. The third kappa shape index (κ3) is 3.75. The maximum atomic E-state index is 12.6. The van der Waals surface area contributed by atoms with Crippen molar-refractivity contribution in [2.75, 3.05) is 24.4 Å². The zero-order chi connectivity index (χ0) is 18.5. The van der Waals surface area contributed by atoms with Gasteiger partial charge in [0.15, 0.2) is 0 Å². The minimum Gasteiger partial charge on any atom is -0.465 e. The number of amides is 1. The van der Waals surface area contributed by atoms with Crippen LogP contribution in [0.25, 0.3) is 0 Å². The highest BCUT2D eigenvalue weighted by Gasteiger charge is 2.16. The molecule has 0 aliphatic heterocycles. The van der Waals surface area contributed by atoms with Crippen molar-refractivity contribution in [1.29, 1.82) is 0 Å². The molecule has 0 saturated carbocycles. The average molecular weight is 366 g/mol. The molecule has 6 heteroatoms. The quantitative estimate of drug-likeness (QED) is 0.673. The molecule has 0 fully saturated rings. The first-order valence-electron chi connectivity index (χ1n) is 7.97. The highest BCUT2D eigenvalue weighted by atomic mass is 32.1. The zero-order valence-corrected chi connectivity index (χ0v) is 15.2. The number of ether oxygens (including phenoxy) is 1. The molecule has 3 aromatic rings. The molecule has 2 aromatic carbocycles. The molecule has 0 aliphatic carbocycles. The number of hydrogen-bond acceptors (Lipinski definition) is 5. The lowest BCUT2D eigenvalue weighted by molar-refractivity contribution is 0.0606. The van der Waals surface area contributed by atoms with E-state index in [0.717, 1.165) is 22.7 Å². The van der Waals surface area contributed by atoms with E-state index in [-0.39, 0.29) is 5.91 Å². The number of benzene rings is 2. The lowest BCUT2D eigenvalue weighted by Crippen LogP contribution is -2.16. The number of nitrogens with one attached hydrogen (secondary N) is 1. The minimum absolute atomic E-state index is 0.265. The van der Waals surface area contributed by atoms with Gasteiger partial charge in [-0.2, -0.15) is 0 Å². The first-order chi connectivity index (χ1) is 12.6. The number of thiophene rings is 1. The van der Waals surface area contributed by atoms with Crippen LogP contribution in [0, 0.1) is 0 Å². The number of hydrogen-bond donors (Lipinski definition) is 1. The number of methoxy groups -OCH3 is 1. The van der Waals surface area contributed by atoms with Crippen LogP contribution in [-0.4, -0.2) is 26.0 Å². The molecule has 26 heavy (non-hydrogen) atoms. The third-order valence-corrected chi connectivity index (χ3v) is 4.94. The summed E-state index contributed by atoms with van der Waals surface area (Å²) in [6.07, 6.45) is 0. The number of carbonyl (C=O) groups excluding carboxylic acids is 2. The van der Waals surface area contributed by atoms with E-state index in [2.05, 4.69) is 10.1 Å². The van der Waals surface area contributed by atoms with Crippen LogP contribution in [0.4, 0.5) is 17.1 Å². The van der Waals surface area contributed by atoms with Gasteiger partial charge in [-0.05, 0) is 36.4 Å². The number of esters is 1. The van der Waals surface area contributed by atoms with E-state index in [1.54, 1.807) is 12.1 Å². The van der Waals surface area contributed by atoms with Crippen molar-refractivity contribution < 1.29 is 14.3 Å². The van der Waals surface area contributed by atoms with Crippen LogP contribution < -0.4 is 10.2 Å². The number of nitrogens with zero attached hydrogens (tertiary/aromatic N) is 1. The number of para-hydroxylation sites is 3. The molecule has 0 radical (unpaired) electrons. The highest BCUT2D eigenvalue weighted by Crippen LogP contribution is 2.31. The van der Waals surface area contributed by atoms with E-state index in [1.165, 1.54) is 7.11 Å². The van der Waals surface area contributed by atoms with Gasteiger partial charge in [-0.25, -0.2) is 4.79 Å². The smallest absolute Gasteiger partial charge is 0.348 e. The Kier molecular flexibility index (Phi) is 5.34. The van der Waals surface area contributed by atoms with Gasteiger partial charge in [-0.15, -0.1) is 11.3 Å². The maximum absolute atomic E-state index is 12.6. The lowest BCUT2D eigenvalue weighted by Gasteiger charge is -2.22. The summed E-state index contributed by atoms with van der Waals surface area (Å²) in [4.78, 5) is 27.0. The van der Waals surface area contributed by atoms with Crippen molar-refractivity contribution in [3.05, 3.63) is 76.5 Å². The first-order valence-corrected chi connectivity index (χ1v) is 8.79. The van der Waals surface area contributed by atoms with Crippen molar-refractivity contribution in [3.63, 3.8) is 0 Å². The second-order valence-electron chi connectivity index (χ2n) is 5.52. The van der Waals surface area contributed by atoms with Crippen molar-refractivity contribution in [2.24, 2.45) is 0 Å². The predicted molar refractivity (Wildman–Crippen MR) is 105 cm³/mol. The second-order valence-corrected chi connectivity index (χ2v) is 6.61. The molecule has 0 spiro atoms. The van der Waals surface area contributed by atoms with Gasteiger partial charge in [-0.1, -0.05) is 30.3 Å². The Morgan fingerprint density at radius 2 is 1.58 bits per heavy atom. The van der Waals surface area contributed by atoms with Gasteiger partial charge in [0.05, 0.1) is 23.4 Å². The Morgan fingerprint density at radius 1 is 0.923 bits per heavy atom. The van der Waals surface area contributed by atoms with E-state index < -0.39 is 5.97 Å². The minimum atomic E-state index is -0.446. The Hall–Kier alpha value is -3.12. The van der Waals surface area contributed by atoms with Gasteiger partial charge in [0.1, 0.15) is 4.88 Å². The van der Waals surface area contributed by atoms with Crippen LogP contribution in [0.3, 0.4) is 0 Å². The summed E-state index contributed by atoms with van der Waals surface area (Å²) in [5.41, 5.74) is 2.58.